The SMILES string of the molecule is C=C(C)C1CCC2(C(=O)OC3OC(COC4OC(CO)C(OC5OC(C)C(O)C(O)C5O)C(O)C4O)C(O)C(O)C3O)CCC3(C)C(CCC4C5(C)CCC(OC6OC(O)C(O)C(O)C6OC6OC(C)C(O)C(O)C6O)C(CO)C5CCC43C)C12. The van der Waals surface area contributed by atoms with Crippen molar-refractivity contribution in [1.29, 1.82) is 0 Å². The van der Waals surface area contributed by atoms with Gasteiger partial charge in [-0.2, -0.15) is 0 Å². The van der Waals surface area contributed by atoms with Gasteiger partial charge in [0.05, 0.1) is 36.9 Å². The predicted molar refractivity (Wildman–Crippen MR) is 284 cm³/mol. The molecular formula is C58H94O27. The Hall–Kier alpha value is -1.79. The van der Waals surface area contributed by atoms with Gasteiger partial charge >= 0.3 is 5.97 Å². The molecular weight excluding hydrogens is 1130 g/mol. The summed E-state index contributed by atoms with van der Waals surface area (Å²) in [5.74, 6) is -1.31. The molecule has 488 valence electrons. The van der Waals surface area contributed by atoms with Crippen LogP contribution in [0.1, 0.15) is 106 Å². The zero-order valence-electron chi connectivity index (χ0n) is 49.0. The number of fused-ring (bicyclic) bond motifs is 7. The number of hydrogen-bond donors (Lipinski definition) is 16. The molecule has 5 aliphatic carbocycles. The lowest BCUT2D eigenvalue weighted by molar-refractivity contribution is -0.392. The molecule has 0 spiro atoms. The molecule has 0 aromatic heterocycles. The number of aliphatic hydroxyl groups is 16. The summed E-state index contributed by atoms with van der Waals surface area (Å²) < 4.78 is 58.8. The Labute approximate surface area is 493 Å². The van der Waals surface area contributed by atoms with Crippen molar-refractivity contribution in [2.75, 3.05) is 19.8 Å². The lowest BCUT2D eigenvalue weighted by Gasteiger charge is -2.72. The Morgan fingerprint density at radius 3 is 1.69 bits per heavy atom. The van der Waals surface area contributed by atoms with Gasteiger partial charge in [0.1, 0.15) is 104 Å². The Morgan fingerprint density at radius 1 is 0.506 bits per heavy atom. The van der Waals surface area contributed by atoms with Gasteiger partial charge in [0.2, 0.25) is 6.29 Å². The Kier molecular flexibility index (Phi) is 19.5. The number of carbonyl (C=O) groups excluding carboxylic acids is 1. The van der Waals surface area contributed by atoms with E-state index in [2.05, 4.69) is 27.4 Å². The van der Waals surface area contributed by atoms with Crippen LogP contribution in [0, 0.1) is 57.2 Å². The minimum atomic E-state index is -1.91. The van der Waals surface area contributed by atoms with E-state index in [4.69, 9.17) is 47.4 Å². The van der Waals surface area contributed by atoms with Crippen molar-refractivity contribution in [3.8, 4) is 0 Å². The predicted octanol–water partition coefficient (Wildman–Crippen LogP) is -3.76. The Bertz CT molecular complexity index is 2320. The summed E-state index contributed by atoms with van der Waals surface area (Å²) >= 11 is 0. The van der Waals surface area contributed by atoms with E-state index in [0.717, 1.165) is 24.8 Å². The molecule has 36 atom stereocenters. The lowest BCUT2D eigenvalue weighted by atomic mass is 9.33. The molecule has 5 aliphatic heterocycles. The highest BCUT2D eigenvalue weighted by Crippen LogP contribution is 2.77. The molecule has 16 N–H and O–H groups in total. The van der Waals surface area contributed by atoms with E-state index >= 15 is 4.79 Å². The largest absolute Gasteiger partial charge is 0.432 e. The van der Waals surface area contributed by atoms with Crippen LogP contribution in [0.15, 0.2) is 12.2 Å². The average Bonchev–Trinajstić information content (AvgIpc) is 3.27. The van der Waals surface area contributed by atoms with E-state index in [9.17, 15) is 81.7 Å². The number of rotatable bonds is 14. The van der Waals surface area contributed by atoms with Gasteiger partial charge in [-0.05, 0) is 131 Å². The van der Waals surface area contributed by atoms with Gasteiger partial charge in [-0.1, -0.05) is 32.9 Å². The molecule has 27 nitrogen and oxygen atoms in total. The maximum Gasteiger partial charge on any atom is 0.314 e. The minimum absolute atomic E-state index is 0.000543. The molecule has 36 unspecified atom stereocenters. The first kappa shape index (κ1) is 66.1. The molecule has 85 heavy (non-hydrogen) atoms. The van der Waals surface area contributed by atoms with Gasteiger partial charge in [-0.15, -0.1) is 0 Å². The molecule has 5 saturated heterocycles. The fourth-order valence-corrected chi connectivity index (χ4v) is 18.0. The number of aliphatic hydroxyl groups excluding tert-OH is 16. The van der Waals surface area contributed by atoms with Crippen LogP contribution in [0.4, 0.5) is 0 Å². The van der Waals surface area contributed by atoms with Gasteiger partial charge in [0.25, 0.3) is 0 Å². The molecule has 5 heterocycles. The van der Waals surface area contributed by atoms with Crippen LogP contribution in [-0.2, 0) is 52.2 Å². The molecule has 10 rings (SSSR count). The van der Waals surface area contributed by atoms with Crippen LogP contribution >= 0.6 is 0 Å². The van der Waals surface area contributed by atoms with Crippen molar-refractivity contribution in [3.05, 3.63) is 12.2 Å². The zero-order valence-corrected chi connectivity index (χ0v) is 49.0. The molecule has 0 amide bonds. The van der Waals surface area contributed by atoms with Crippen LogP contribution in [-0.4, -0.2) is 267 Å². The standard InChI is InChI=1S/C58H94O27/c1-21(2)24-10-15-58(54(75)85-52-44(72)38(66)35(63)30(81-52)20-76-49-45(73)40(68)46(29(19-60)80-49)82-50-42(70)36(64)33(61)22(3)77-50)17-16-56(6)27(32(24)58)8-9-31-55(5)13-12-28(25(18-59)26(55)11-14-57(31,56)7)79-53-47(39(67)41(69)48(74)84-53)83-51-43(71)37(65)34(62)23(4)78-51/h22-53,59-74H,1,8-20H2,2-7H3. The first-order valence-corrected chi connectivity index (χ1v) is 30.5. The van der Waals surface area contributed by atoms with Crippen molar-refractivity contribution >= 4 is 5.97 Å². The number of esters is 1. The summed E-state index contributed by atoms with van der Waals surface area (Å²) in [4.78, 5) is 15.2. The van der Waals surface area contributed by atoms with Gasteiger partial charge in [0, 0.05) is 12.5 Å². The quantitative estimate of drug-likeness (QED) is 0.0451. The normalized spacial score (nSPS) is 56.3. The second-order valence-electron chi connectivity index (χ2n) is 27.4. The van der Waals surface area contributed by atoms with E-state index < -0.39 is 190 Å². The van der Waals surface area contributed by atoms with Crippen molar-refractivity contribution in [3.63, 3.8) is 0 Å². The van der Waals surface area contributed by atoms with Crippen LogP contribution in [0.5, 0.6) is 0 Å². The van der Waals surface area contributed by atoms with Crippen LogP contribution < -0.4 is 0 Å². The van der Waals surface area contributed by atoms with Gasteiger partial charge < -0.3 is 129 Å². The molecule has 0 bridgehead atoms. The fourth-order valence-electron chi connectivity index (χ4n) is 18.0. The maximum absolute atomic E-state index is 15.2. The summed E-state index contributed by atoms with van der Waals surface area (Å²) in [5, 5.41) is 173. The zero-order chi connectivity index (χ0) is 61.9. The number of allylic oxidation sites excluding steroid dienone is 1. The highest BCUT2D eigenvalue weighted by molar-refractivity contribution is 5.78. The van der Waals surface area contributed by atoms with Crippen LogP contribution in [0.2, 0.25) is 0 Å². The number of carbonyl (C=O) groups is 1. The second kappa shape index (κ2) is 25.0. The topological polar surface area (TPSA) is 433 Å². The van der Waals surface area contributed by atoms with Gasteiger partial charge in [-0.25, -0.2) is 0 Å². The van der Waals surface area contributed by atoms with Crippen molar-refractivity contribution in [2.45, 2.75) is 266 Å². The summed E-state index contributed by atoms with van der Waals surface area (Å²) in [6.45, 7) is 14.5. The molecule has 0 radical (unpaired) electrons. The highest BCUT2D eigenvalue weighted by Gasteiger charge is 2.72. The first-order valence-electron chi connectivity index (χ1n) is 30.5. The summed E-state index contributed by atoms with van der Waals surface area (Å²) in [7, 11) is 0. The monoisotopic (exact) mass is 1220 g/mol. The Morgan fingerprint density at radius 2 is 1.08 bits per heavy atom. The Balaban J connectivity index is 0.815. The van der Waals surface area contributed by atoms with E-state index in [1.165, 1.54) is 13.8 Å². The van der Waals surface area contributed by atoms with Crippen molar-refractivity contribution < 1.29 is 134 Å². The van der Waals surface area contributed by atoms with E-state index in [1.54, 1.807) is 0 Å². The fraction of sp³-hybridized carbons (Fsp3) is 0.948. The molecule has 10 aliphatic rings. The van der Waals surface area contributed by atoms with Gasteiger partial charge in [-0.3, -0.25) is 4.79 Å². The summed E-state index contributed by atoms with van der Waals surface area (Å²) in [5.41, 5.74) is -1.05. The summed E-state index contributed by atoms with van der Waals surface area (Å²) in [6.07, 6.45) is -35.4. The second-order valence-corrected chi connectivity index (χ2v) is 27.4. The van der Waals surface area contributed by atoms with E-state index in [0.29, 0.717) is 44.9 Å². The first-order chi connectivity index (χ1) is 40.0. The third-order valence-corrected chi connectivity index (χ3v) is 23.2. The maximum atomic E-state index is 15.2. The van der Waals surface area contributed by atoms with Crippen LogP contribution in [0.3, 0.4) is 0 Å². The summed E-state index contributed by atoms with van der Waals surface area (Å²) in [6, 6.07) is 0. The lowest BCUT2D eigenvalue weighted by Crippen LogP contribution is -2.67. The molecule has 10 fully saturated rings. The smallest absolute Gasteiger partial charge is 0.314 e. The van der Waals surface area contributed by atoms with E-state index in [1.807, 2.05) is 6.92 Å². The number of hydrogen-bond acceptors (Lipinski definition) is 27. The highest BCUT2D eigenvalue weighted by atomic mass is 16.8. The van der Waals surface area contributed by atoms with Crippen molar-refractivity contribution in [1.82, 2.24) is 0 Å². The molecule has 0 aromatic carbocycles. The molecule has 27 heteroatoms. The average molecular weight is 1220 g/mol. The van der Waals surface area contributed by atoms with Gasteiger partial charge in [0.15, 0.2) is 31.5 Å². The third kappa shape index (κ3) is 11.1. The molecule has 0 aromatic rings. The number of ether oxygens (including phenoxy) is 10. The third-order valence-electron chi connectivity index (χ3n) is 23.2. The van der Waals surface area contributed by atoms with E-state index in [-0.39, 0.29) is 52.4 Å². The minimum Gasteiger partial charge on any atom is -0.432 e. The van der Waals surface area contributed by atoms with Crippen molar-refractivity contribution in [2.24, 2.45) is 57.2 Å². The molecule has 5 saturated carbocycles. The van der Waals surface area contributed by atoms with Crippen LogP contribution in [0.25, 0.3) is 0 Å².